The van der Waals surface area contributed by atoms with Gasteiger partial charge in [-0.15, -0.1) is 11.3 Å². The molecule has 0 unspecified atom stereocenters. The average molecular weight is 445 g/mol. The van der Waals surface area contributed by atoms with Crippen LogP contribution in [0.1, 0.15) is 56.9 Å². The smallest absolute Gasteiger partial charge is 0.189 e. The number of rotatable bonds is 10. The summed E-state index contributed by atoms with van der Waals surface area (Å²) in [6.07, 6.45) is 9.16. The van der Waals surface area contributed by atoms with E-state index in [0.29, 0.717) is 0 Å². The molecule has 3 aromatic heterocycles. The highest BCUT2D eigenvalue weighted by Gasteiger charge is 2.24. The largest absolute Gasteiger partial charge is 0.363 e. The molecule has 0 fully saturated rings. The molecule has 30 heavy (non-hydrogen) atoms. The summed E-state index contributed by atoms with van der Waals surface area (Å²) in [5.41, 5.74) is 5.47. The fraction of sp³-hybridized carbons (Fsp3) is 0.609. The van der Waals surface area contributed by atoms with Crippen molar-refractivity contribution in [1.29, 1.82) is 0 Å². The standard InChI is InChI=1S/C23H33N5S2/c1-5-8-12-17-15-10-9-11-16(15)18-19-20(30-22(18)25-17)21(27-23(26-19)29-4)24-13-14-28(6-2)7-3/h5-14H2,1-4H3,(H,24,26,27)/p+1. The number of nitrogens with zero attached hydrogens (tertiary/aromatic N) is 3. The Labute approximate surface area is 188 Å². The Morgan fingerprint density at radius 1 is 1.07 bits per heavy atom. The predicted molar refractivity (Wildman–Crippen MR) is 131 cm³/mol. The van der Waals surface area contributed by atoms with Crippen LogP contribution in [-0.4, -0.2) is 47.4 Å². The summed E-state index contributed by atoms with van der Waals surface area (Å²) in [6, 6.07) is 0. The highest BCUT2D eigenvalue weighted by atomic mass is 32.2. The van der Waals surface area contributed by atoms with Gasteiger partial charge < -0.3 is 10.2 Å². The van der Waals surface area contributed by atoms with Crippen molar-refractivity contribution >= 4 is 49.3 Å². The molecule has 1 aliphatic rings. The molecule has 0 spiro atoms. The van der Waals surface area contributed by atoms with Crippen LogP contribution in [0.15, 0.2) is 5.16 Å². The molecule has 0 atom stereocenters. The van der Waals surface area contributed by atoms with Crippen LogP contribution in [0.5, 0.6) is 0 Å². The summed E-state index contributed by atoms with van der Waals surface area (Å²) in [5.74, 6) is 0.987. The van der Waals surface area contributed by atoms with Gasteiger partial charge in [-0.25, -0.2) is 15.0 Å². The molecule has 0 amide bonds. The Morgan fingerprint density at radius 2 is 1.87 bits per heavy atom. The van der Waals surface area contributed by atoms with Crippen molar-refractivity contribution in [2.45, 2.75) is 64.5 Å². The molecule has 162 valence electrons. The van der Waals surface area contributed by atoms with Crippen LogP contribution in [0, 0.1) is 0 Å². The van der Waals surface area contributed by atoms with Gasteiger partial charge >= 0.3 is 0 Å². The molecule has 3 heterocycles. The van der Waals surface area contributed by atoms with Gasteiger partial charge in [0.25, 0.3) is 0 Å². The Kier molecular flexibility index (Phi) is 7.11. The number of likely N-dealkylation sites (N-methyl/N-ethyl adjacent to an activating group) is 1. The predicted octanol–water partition coefficient (Wildman–Crippen LogP) is 4.13. The summed E-state index contributed by atoms with van der Waals surface area (Å²) < 4.78 is 1.17. The number of unbranched alkanes of at least 4 members (excludes halogenated alkanes) is 1. The third-order valence-corrected chi connectivity index (χ3v) is 7.95. The quantitative estimate of drug-likeness (QED) is 0.364. The highest BCUT2D eigenvalue weighted by molar-refractivity contribution is 7.98. The van der Waals surface area contributed by atoms with E-state index in [4.69, 9.17) is 15.0 Å². The lowest BCUT2D eigenvalue weighted by Crippen LogP contribution is -3.12. The Bertz CT molecular complexity index is 1030. The van der Waals surface area contributed by atoms with Gasteiger partial charge in [0.1, 0.15) is 10.6 Å². The second-order valence-corrected chi connectivity index (χ2v) is 9.90. The van der Waals surface area contributed by atoms with Gasteiger partial charge in [-0.2, -0.15) is 0 Å². The summed E-state index contributed by atoms with van der Waals surface area (Å²) in [5, 5.41) is 5.79. The molecule has 0 aliphatic heterocycles. The van der Waals surface area contributed by atoms with E-state index in [9.17, 15) is 0 Å². The molecule has 0 saturated heterocycles. The van der Waals surface area contributed by atoms with Crippen molar-refractivity contribution in [2.24, 2.45) is 0 Å². The maximum absolute atomic E-state index is 5.17. The number of quaternary nitrogens is 1. The number of fused-ring (bicyclic) bond motifs is 5. The molecular formula is C23H34N5S2+. The van der Waals surface area contributed by atoms with E-state index in [2.05, 4.69) is 32.3 Å². The van der Waals surface area contributed by atoms with Crippen molar-refractivity contribution in [3.05, 3.63) is 16.8 Å². The van der Waals surface area contributed by atoms with E-state index in [-0.39, 0.29) is 0 Å². The molecule has 1 aliphatic carbocycles. The number of pyridine rings is 1. The number of hydrogen-bond donors (Lipinski definition) is 2. The first-order valence-electron chi connectivity index (χ1n) is 11.5. The topological polar surface area (TPSA) is 55.1 Å². The van der Waals surface area contributed by atoms with E-state index >= 15 is 0 Å². The number of anilines is 1. The lowest BCUT2D eigenvalue weighted by molar-refractivity contribution is -0.894. The van der Waals surface area contributed by atoms with E-state index in [1.807, 2.05) is 0 Å². The van der Waals surface area contributed by atoms with Crippen LogP contribution in [0.3, 0.4) is 0 Å². The molecule has 0 saturated carbocycles. The zero-order chi connectivity index (χ0) is 21.1. The fourth-order valence-corrected chi connectivity index (χ4v) is 6.04. The van der Waals surface area contributed by atoms with Crippen molar-refractivity contribution < 1.29 is 4.90 Å². The van der Waals surface area contributed by atoms with Crippen molar-refractivity contribution in [3.63, 3.8) is 0 Å². The van der Waals surface area contributed by atoms with Crippen LogP contribution < -0.4 is 10.2 Å². The van der Waals surface area contributed by atoms with Crippen LogP contribution >= 0.6 is 23.1 Å². The minimum atomic E-state index is 0.849. The van der Waals surface area contributed by atoms with Crippen LogP contribution in [0.25, 0.3) is 20.4 Å². The molecule has 0 aromatic carbocycles. The van der Waals surface area contributed by atoms with Crippen molar-refractivity contribution in [1.82, 2.24) is 15.0 Å². The fourth-order valence-electron chi connectivity index (χ4n) is 4.55. The number of aryl methyl sites for hydroxylation is 2. The van der Waals surface area contributed by atoms with Crippen LogP contribution in [-0.2, 0) is 19.3 Å². The van der Waals surface area contributed by atoms with Crippen molar-refractivity contribution in [2.75, 3.05) is 37.8 Å². The summed E-state index contributed by atoms with van der Waals surface area (Å²) >= 11 is 3.40. The summed E-state index contributed by atoms with van der Waals surface area (Å²) in [4.78, 5) is 17.7. The van der Waals surface area contributed by atoms with Gasteiger partial charge in [0, 0.05) is 11.1 Å². The minimum absolute atomic E-state index is 0.849. The average Bonchev–Trinajstić information content (AvgIpc) is 3.39. The monoisotopic (exact) mass is 444 g/mol. The second kappa shape index (κ2) is 9.79. The van der Waals surface area contributed by atoms with E-state index < -0.39 is 0 Å². The van der Waals surface area contributed by atoms with Gasteiger partial charge in [0.05, 0.1) is 36.4 Å². The summed E-state index contributed by atoms with van der Waals surface area (Å²) in [7, 11) is 0. The van der Waals surface area contributed by atoms with Gasteiger partial charge in [0.15, 0.2) is 5.16 Å². The van der Waals surface area contributed by atoms with E-state index in [0.717, 1.165) is 60.3 Å². The third kappa shape index (κ3) is 4.16. The Morgan fingerprint density at radius 3 is 2.60 bits per heavy atom. The molecule has 4 rings (SSSR count). The van der Waals surface area contributed by atoms with Gasteiger partial charge in [-0.1, -0.05) is 25.1 Å². The molecule has 3 aromatic rings. The lowest BCUT2D eigenvalue weighted by atomic mass is 10.0. The molecule has 7 heteroatoms. The van der Waals surface area contributed by atoms with Crippen molar-refractivity contribution in [3.8, 4) is 0 Å². The molecule has 5 nitrogen and oxygen atoms in total. The Balaban J connectivity index is 1.79. The molecule has 0 radical (unpaired) electrons. The number of nitrogens with one attached hydrogen (secondary N) is 2. The number of aromatic nitrogens is 3. The zero-order valence-electron chi connectivity index (χ0n) is 18.7. The molecular weight excluding hydrogens is 410 g/mol. The highest BCUT2D eigenvalue weighted by Crippen LogP contribution is 2.42. The minimum Gasteiger partial charge on any atom is -0.363 e. The molecule has 2 N–H and O–H groups in total. The van der Waals surface area contributed by atoms with E-state index in [1.54, 1.807) is 28.0 Å². The van der Waals surface area contributed by atoms with Gasteiger partial charge in [-0.05, 0) is 63.3 Å². The first-order valence-corrected chi connectivity index (χ1v) is 13.5. The molecule has 0 bridgehead atoms. The third-order valence-electron chi connectivity index (χ3n) is 6.32. The van der Waals surface area contributed by atoms with Gasteiger partial charge in [0.2, 0.25) is 0 Å². The van der Waals surface area contributed by atoms with Crippen LogP contribution in [0.2, 0.25) is 0 Å². The van der Waals surface area contributed by atoms with Gasteiger partial charge in [-0.3, -0.25) is 0 Å². The normalized spacial score (nSPS) is 13.6. The maximum atomic E-state index is 5.17. The van der Waals surface area contributed by atoms with Crippen LogP contribution in [0.4, 0.5) is 5.82 Å². The first kappa shape index (κ1) is 21.8. The Hall–Kier alpha value is -1.44. The number of hydrogen-bond acceptors (Lipinski definition) is 6. The maximum Gasteiger partial charge on any atom is 0.189 e. The number of thioether (sulfide) groups is 1. The lowest BCUT2D eigenvalue weighted by Gasteiger charge is -2.16. The summed E-state index contributed by atoms with van der Waals surface area (Å²) in [6.45, 7) is 11.1. The second-order valence-electron chi connectivity index (χ2n) is 8.13. The zero-order valence-corrected chi connectivity index (χ0v) is 20.4. The first-order chi connectivity index (χ1) is 14.7. The SMILES string of the molecule is CCCCc1nc2sc3c(NCC[NH+](CC)CC)nc(SC)nc3c2c2c1CCC2. The number of thiophene rings is 1. The van der Waals surface area contributed by atoms with E-state index in [1.165, 1.54) is 52.6 Å².